The van der Waals surface area contributed by atoms with Gasteiger partial charge in [0.05, 0.1) is 15.6 Å². The van der Waals surface area contributed by atoms with Crippen LogP contribution in [0.3, 0.4) is 0 Å². The van der Waals surface area contributed by atoms with Gasteiger partial charge in [-0.05, 0) is 62.7 Å². The van der Waals surface area contributed by atoms with Crippen molar-refractivity contribution in [1.82, 2.24) is 0 Å². The molecule has 0 aliphatic carbocycles. The summed E-state index contributed by atoms with van der Waals surface area (Å²) in [6.07, 6.45) is 0. The van der Waals surface area contributed by atoms with Gasteiger partial charge < -0.3 is 9.05 Å². The summed E-state index contributed by atoms with van der Waals surface area (Å²) in [4.78, 5) is 0. The monoisotopic (exact) mass is 372 g/mol. The lowest BCUT2D eigenvalue weighted by Gasteiger charge is -2.19. The van der Waals surface area contributed by atoms with E-state index in [1.54, 1.807) is 0 Å². The molecule has 0 heterocycles. The van der Waals surface area contributed by atoms with E-state index in [-0.39, 0.29) is 0 Å². The minimum absolute atomic E-state index is 0.565. The molecule has 0 aromatic heterocycles. The molecule has 0 amide bonds. The summed E-state index contributed by atoms with van der Waals surface area (Å²) in [6, 6.07) is 5.73. The zero-order valence-corrected chi connectivity index (χ0v) is 13.2. The van der Waals surface area contributed by atoms with Crippen LogP contribution in [0.4, 0.5) is 0 Å². The van der Waals surface area contributed by atoms with Gasteiger partial charge in [-0.2, -0.15) is 0 Å². The van der Waals surface area contributed by atoms with E-state index in [0.29, 0.717) is 12.4 Å². The molecule has 0 saturated heterocycles. The molecule has 15 heavy (non-hydrogen) atoms. The summed E-state index contributed by atoms with van der Waals surface area (Å²) in [5, 5.41) is 0. The van der Waals surface area contributed by atoms with Crippen molar-refractivity contribution in [2.45, 2.75) is 6.92 Å². The van der Waals surface area contributed by atoms with Gasteiger partial charge >= 0.3 is 0 Å². The molecule has 2 nitrogen and oxygen atoms in total. The van der Waals surface area contributed by atoms with Crippen molar-refractivity contribution in [2.24, 2.45) is 0 Å². The Morgan fingerprint density at radius 1 is 1.33 bits per heavy atom. The Balaban J connectivity index is 2.94. The quantitative estimate of drug-likeness (QED) is 0.720. The summed E-state index contributed by atoms with van der Waals surface area (Å²) in [5.74, 6) is 0.705. The highest BCUT2D eigenvalue weighted by Crippen LogP contribution is 2.48. The van der Waals surface area contributed by atoms with Gasteiger partial charge in [0.2, 0.25) is 6.49 Å². The first kappa shape index (κ1) is 13.7. The second-order valence-corrected chi connectivity index (χ2v) is 8.51. The molecule has 0 fully saturated rings. The highest BCUT2D eigenvalue weighted by Gasteiger charge is 2.16. The second kappa shape index (κ2) is 5.78. The third kappa shape index (κ3) is 4.16. The number of hydrogen-bond acceptors (Lipinski definition) is 3. The van der Waals surface area contributed by atoms with Crippen molar-refractivity contribution >= 4 is 50.2 Å². The minimum atomic E-state index is -2.19. The first-order valence-electron chi connectivity index (χ1n) is 4.32. The summed E-state index contributed by atoms with van der Waals surface area (Å²) in [7, 11) is 0. The molecule has 1 rings (SSSR count). The van der Waals surface area contributed by atoms with Crippen LogP contribution in [0.25, 0.3) is 0 Å². The molecule has 0 aliphatic rings. The maximum atomic E-state index is 5.71. The van der Waals surface area contributed by atoms with Gasteiger partial charge in [0.25, 0.3) is 0 Å². The molecule has 0 N–H and O–H groups in total. The van der Waals surface area contributed by atoms with Crippen molar-refractivity contribution in [3.05, 3.63) is 27.1 Å². The highest BCUT2D eigenvalue weighted by molar-refractivity contribution is 9.11. The number of rotatable bonds is 4. The number of para-hydroxylation sites is 1. The predicted molar refractivity (Wildman–Crippen MR) is 74.3 cm³/mol. The molecular weight excluding hydrogens is 363 g/mol. The standard InChI is InChI=1S/C9H11Br2O2PS/c1-3-12-14(2,15)13-9-7(10)5-4-6-8(9)11/h4-6H,3H2,1-2H3. The lowest BCUT2D eigenvalue weighted by Crippen LogP contribution is -1.97. The van der Waals surface area contributed by atoms with Gasteiger partial charge in [0, 0.05) is 6.66 Å². The zero-order chi connectivity index (χ0) is 11.5. The average Bonchev–Trinajstić information content (AvgIpc) is 2.11. The zero-order valence-electron chi connectivity index (χ0n) is 8.37. The van der Waals surface area contributed by atoms with Crippen LogP contribution in [0.2, 0.25) is 0 Å². The molecule has 1 aromatic rings. The Morgan fingerprint density at radius 2 is 1.87 bits per heavy atom. The van der Waals surface area contributed by atoms with E-state index >= 15 is 0 Å². The summed E-state index contributed by atoms with van der Waals surface area (Å²) in [6.45, 7) is 2.09. The molecule has 0 aliphatic heterocycles. The van der Waals surface area contributed by atoms with Crippen LogP contribution in [0.1, 0.15) is 6.92 Å². The van der Waals surface area contributed by atoms with E-state index in [4.69, 9.17) is 20.9 Å². The Hall–Kier alpha value is 0.590. The predicted octanol–water partition coefficient (Wildman–Crippen LogP) is 4.57. The SMILES string of the molecule is CCOP(C)(=S)Oc1c(Br)cccc1Br. The highest BCUT2D eigenvalue weighted by atomic mass is 79.9. The van der Waals surface area contributed by atoms with Crippen LogP contribution >= 0.6 is 38.4 Å². The maximum absolute atomic E-state index is 5.71. The molecule has 6 heteroatoms. The van der Waals surface area contributed by atoms with E-state index in [0.717, 1.165) is 8.95 Å². The molecule has 0 bridgehead atoms. The van der Waals surface area contributed by atoms with Gasteiger partial charge in [0.1, 0.15) is 0 Å². The van der Waals surface area contributed by atoms with Crippen molar-refractivity contribution in [2.75, 3.05) is 13.3 Å². The molecule has 0 spiro atoms. The fourth-order valence-corrected chi connectivity index (χ4v) is 4.00. The van der Waals surface area contributed by atoms with Gasteiger partial charge in [-0.15, -0.1) is 0 Å². The topological polar surface area (TPSA) is 18.5 Å². The van der Waals surface area contributed by atoms with Gasteiger partial charge in [-0.3, -0.25) is 0 Å². The number of benzene rings is 1. The van der Waals surface area contributed by atoms with Gasteiger partial charge in [-0.25, -0.2) is 0 Å². The number of halogens is 2. The van der Waals surface area contributed by atoms with E-state index in [1.807, 2.05) is 31.8 Å². The molecule has 0 radical (unpaired) electrons. The fourth-order valence-electron chi connectivity index (χ4n) is 0.996. The van der Waals surface area contributed by atoms with Crippen LogP contribution in [0, 0.1) is 0 Å². The molecule has 84 valence electrons. The van der Waals surface area contributed by atoms with E-state index < -0.39 is 6.49 Å². The van der Waals surface area contributed by atoms with Crippen molar-refractivity contribution in [3.8, 4) is 5.75 Å². The Bertz CT molecular complexity index is 377. The van der Waals surface area contributed by atoms with Crippen molar-refractivity contribution < 1.29 is 9.05 Å². The number of hydrogen-bond donors (Lipinski definition) is 0. The largest absolute Gasteiger partial charge is 0.441 e. The van der Waals surface area contributed by atoms with Crippen LogP contribution in [-0.2, 0) is 16.3 Å². The maximum Gasteiger partial charge on any atom is 0.235 e. The lowest BCUT2D eigenvalue weighted by molar-refractivity contribution is 0.335. The summed E-state index contributed by atoms with van der Waals surface area (Å²) >= 11 is 12.1. The van der Waals surface area contributed by atoms with Crippen molar-refractivity contribution in [1.29, 1.82) is 0 Å². The Kier molecular flexibility index (Phi) is 5.26. The first-order chi connectivity index (χ1) is 6.96. The summed E-state index contributed by atoms with van der Waals surface area (Å²) < 4.78 is 12.9. The third-order valence-electron chi connectivity index (χ3n) is 1.54. The Morgan fingerprint density at radius 3 is 2.33 bits per heavy atom. The summed E-state index contributed by atoms with van der Waals surface area (Å²) in [5.41, 5.74) is 0. The van der Waals surface area contributed by atoms with E-state index in [9.17, 15) is 0 Å². The van der Waals surface area contributed by atoms with Gasteiger partial charge in [-0.1, -0.05) is 6.07 Å². The van der Waals surface area contributed by atoms with Crippen molar-refractivity contribution in [3.63, 3.8) is 0 Å². The molecule has 1 unspecified atom stereocenters. The van der Waals surface area contributed by atoms with E-state index in [1.165, 1.54) is 0 Å². The normalized spacial score (nSPS) is 14.7. The van der Waals surface area contributed by atoms with Crippen LogP contribution in [0.5, 0.6) is 5.75 Å². The molecule has 1 aromatic carbocycles. The fraction of sp³-hybridized carbons (Fsp3) is 0.333. The molecule has 0 saturated carbocycles. The smallest absolute Gasteiger partial charge is 0.235 e. The van der Waals surface area contributed by atoms with Crippen LogP contribution in [-0.4, -0.2) is 13.3 Å². The first-order valence-corrected chi connectivity index (χ1v) is 8.99. The van der Waals surface area contributed by atoms with Crippen LogP contribution < -0.4 is 4.52 Å². The minimum Gasteiger partial charge on any atom is -0.441 e. The lowest BCUT2D eigenvalue weighted by atomic mass is 10.3. The molecular formula is C9H11Br2O2PS. The molecule has 1 atom stereocenters. The second-order valence-electron chi connectivity index (χ2n) is 2.83. The van der Waals surface area contributed by atoms with Crippen LogP contribution in [0.15, 0.2) is 27.1 Å². The Labute approximate surface area is 112 Å². The third-order valence-corrected chi connectivity index (χ3v) is 4.57. The van der Waals surface area contributed by atoms with E-state index in [2.05, 4.69) is 31.9 Å². The van der Waals surface area contributed by atoms with Gasteiger partial charge in [0.15, 0.2) is 5.75 Å². The average molecular weight is 374 g/mol.